The number of hydrogen-bond acceptors (Lipinski definition) is 4. The molecule has 0 spiro atoms. The van der Waals surface area contributed by atoms with Crippen LogP contribution in [0.3, 0.4) is 0 Å². The Morgan fingerprint density at radius 2 is 1.95 bits per heavy atom. The highest BCUT2D eigenvalue weighted by Crippen LogP contribution is 2.23. The normalized spacial score (nSPS) is 10.3. The zero-order valence-corrected chi connectivity index (χ0v) is 10.6. The molecule has 0 bridgehead atoms. The lowest BCUT2D eigenvalue weighted by molar-refractivity contribution is 0.480. The molecule has 0 aliphatic carbocycles. The smallest absolute Gasteiger partial charge is 0.249 e. The summed E-state index contributed by atoms with van der Waals surface area (Å²) < 4.78 is 26.0. The molecule has 3 aromatic rings. The van der Waals surface area contributed by atoms with Crippen LogP contribution in [0.5, 0.6) is 0 Å². The van der Waals surface area contributed by atoms with Crippen molar-refractivity contribution in [2.45, 2.75) is 0 Å². The van der Waals surface area contributed by atoms with E-state index in [-0.39, 0.29) is 11.5 Å². The van der Waals surface area contributed by atoms with E-state index in [2.05, 4.69) is 15.3 Å². The number of pyridine rings is 2. The van der Waals surface area contributed by atoms with Gasteiger partial charge >= 0.3 is 0 Å². The SMILES string of the molecule is N#Cc1cc2ccccc2nc1Nc1cnc(F)c(F)c1. The summed E-state index contributed by atoms with van der Waals surface area (Å²) in [6.07, 6.45) is 1.14. The highest BCUT2D eigenvalue weighted by atomic mass is 19.2. The van der Waals surface area contributed by atoms with Crippen LogP contribution in [0.25, 0.3) is 10.9 Å². The molecule has 4 nitrogen and oxygen atoms in total. The first-order chi connectivity index (χ1) is 10.2. The molecule has 102 valence electrons. The van der Waals surface area contributed by atoms with Crippen molar-refractivity contribution < 1.29 is 8.78 Å². The van der Waals surface area contributed by atoms with Crippen molar-refractivity contribution in [1.82, 2.24) is 9.97 Å². The Bertz CT molecular complexity index is 871. The maximum atomic E-state index is 13.2. The predicted molar refractivity (Wildman–Crippen MR) is 73.9 cm³/mol. The fraction of sp³-hybridized carbons (Fsp3) is 0. The van der Waals surface area contributed by atoms with Gasteiger partial charge in [-0.1, -0.05) is 18.2 Å². The summed E-state index contributed by atoms with van der Waals surface area (Å²) in [6.45, 7) is 0. The second kappa shape index (κ2) is 5.13. The first-order valence-electron chi connectivity index (χ1n) is 6.05. The molecule has 0 aliphatic heterocycles. The second-order valence-corrected chi connectivity index (χ2v) is 4.31. The molecule has 0 aliphatic rings. The van der Waals surface area contributed by atoms with E-state index in [0.29, 0.717) is 11.1 Å². The minimum absolute atomic E-state index is 0.216. The lowest BCUT2D eigenvalue weighted by Gasteiger charge is -2.08. The lowest BCUT2D eigenvalue weighted by atomic mass is 10.1. The zero-order chi connectivity index (χ0) is 14.8. The van der Waals surface area contributed by atoms with Crippen LogP contribution in [0, 0.1) is 23.1 Å². The van der Waals surface area contributed by atoms with Crippen LogP contribution in [0.4, 0.5) is 20.3 Å². The summed E-state index contributed by atoms with van der Waals surface area (Å²) in [5.41, 5.74) is 1.21. The molecular formula is C15H8F2N4. The third-order valence-electron chi connectivity index (χ3n) is 2.90. The number of benzene rings is 1. The van der Waals surface area contributed by atoms with E-state index < -0.39 is 11.8 Å². The van der Waals surface area contributed by atoms with Gasteiger partial charge in [0.25, 0.3) is 0 Å². The Kier molecular flexibility index (Phi) is 3.16. The van der Waals surface area contributed by atoms with Crippen LogP contribution < -0.4 is 5.32 Å². The summed E-state index contributed by atoms with van der Waals surface area (Å²) in [5.74, 6) is -1.98. The van der Waals surface area contributed by atoms with Crippen molar-refractivity contribution in [3.8, 4) is 6.07 Å². The standard InChI is InChI=1S/C15H8F2N4/c16-12-6-11(8-19-14(12)17)20-15-10(7-18)5-9-3-1-2-4-13(9)21-15/h1-6,8H,(H,20,21). The van der Waals surface area contributed by atoms with Crippen molar-refractivity contribution >= 4 is 22.4 Å². The molecule has 0 atom stereocenters. The van der Waals surface area contributed by atoms with Crippen molar-refractivity contribution in [3.63, 3.8) is 0 Å². The van der Waals surface area contributed by atoms with Crippen molar-refractivity contribution in [3.05, 3.63) is 59.9 Å². The molecule has 0 saturated heterocycles. The Morgan fingerprint density at radius 3 is 2.71 bits per heavy atom. The van der Waals surface area contributed by atoms with Crippen LogP contribution in [0.1, 0.15) is 5.56 Å². The number of fused-ring (bicyclic) bond motifs is 1. The molecule has 1 N–H and O–H groups in total. The molecule has 3 rings (SSSR count). The van der Waals surface area contributed by atoms with Gasteiger partial charge in [-0.05, 0) is 12.1 Å². The third-order valence-corrected chi connectivity index (χ3v) is 2.90. The van der Waals surface area contributed by atoms with Gasteiger partial charge in [-0.25, -0.2) is 14.4 Å². The second-order valence-electron chi connectivity index (χ2n) is 4.31. The van der Waals surface area contributed by atoms with Gasteiger partial charge in [0.05, 0.1) is 23.0 Å². The number of para-hydroxylation sites is 1. The highest BCUT2D eigenvalue weighted by molar-refractivity contribution is 5.83. The first kappa shape index (κ1) is 12.9. The molecule has 0 radical (unpaired) electrons. The van der Waals surface area contributed by atoms with Gasteiger partial charge in [-0.2, -0.15) is 9.65 Å². The van der Waals surface area contributed by atoms with E-state index in [0.717, 1.165) is 17.6 Å². The molecule has 2 heterocycles. The van der Waals surface area contributed by atoms with Crippen LogP contribution in [-0.4, -0.2) is 9.97 Å². The molecule has 0 unspecified atom stereocenters. The van der Waals surface area contributed by atoms with E-state index in [1.54, 1.807) is 12.1 Å². The fourth-order valence-electron chi connectivity index (χ4n) is 1.92. The Morgan fingerprint density at radius 1 is 1.14 bits per heavy atom. The molecule has 0 saturated carbocycles. The molecule has 1 aromatic carbocycles. The molecular weight excluding hydrogens is 274 g/mol. The summed E-state index contributed by atoms with van der Waals surface area (Å²) in [6, 6.07) is 12.0. The minimum Gasteiger partial charge on any atom is -0.338 e. The van der Waals surface area contributed by atoms with E-state index in [4.69, 9.17) is 0 Å². The number of aromatic nitrogens is 2. The Labute approximate surface area is 118 Å². The Hall–Kier alpha value is -3.07. The molecule has 0 fully saturated rings. The molecule has 21 heavy (non-hydrogen) atoms. The number of halogens is 2. The van der Waals surface area contributed by atoms with E-state index in [9.17, 15) is 14.0 Å². The number of nitrogens with one attached hydrogen (secondary N) is 1. The first-order valence-corrected chi connectivity index (χ1v) is 6.05. The monoisotopic (exact) mass is 282 g/mol. The third kappa shape index (κ3) is 2.49. The van der Waals surface area contributed by atoms with Crippen LogP contribution in [0.15, 0.2) is 42.6 Å². The summed E-state index contributed by atoms with van der Waals surface area (Å²) in [5, 5.41) is 12.8. The summed E-state index contributed by atoms with van der Waals surface area (Å²) >= 11 is 0. The highest BCUT2D eigenvalue weighted by Gasteiger charge is 2.09. The molecule has 2 aromatic heterocycles. The number of rotatable bonds is 2. The maximum absolute atomic E-state index is 13.2. The van der Waals surface area contributed by atoms with E-state index >= 15 is 0 Å². The van der Waals surface area contributed by atoms with Gasteiger partial charge < -0.3 is 5.32 Å². The Balaban J connectivity index is 2.06. The van der Waals surface area contributed by atoms with Gasteiger partial charge in [0.2, 0.25) is 5.95 Å². The number of anilines is 2. The summed E-state index contributed by atoms with van der Waals surface area (Å²) in [4.78, 5) is 7.59. The summed E-state index contributed by atoms with van der Waals surface area (Å²) in [7, 11) is 0. The predicted octanol–water partition coefficient (Wildman–Crippen LogP) is 3.52. The van der Waals surface area contributed by atoms with Crippen LogP contribution in [-0.2, 0) is 0 Å². The van der Waals surface area contributed by atoms with E-state index in [1.165, 1.54) is 0 Å². The van der Waals surface area contributed by atoms with Crippen molar-refractivity contribution in [1.29, 1.82) is 5.26 Å². The number of hydrogen-bond donors (Lipinski definition) is 1. The topological polar surface area (TPSA) is 61.6 Å². The minimum atomic E-state index is -1.17. The van der Waals surface area contributed by atoms with Crippen LogP contribution >= 0.6 is 0 Å². The largest absolute Gasteiger partial charge is 0.338 e. The van der Waals surface area contributed by atoms with Crippen molar-refractivity contribution in [2.24, 2.45) is 0 Å². The maximum Gasteiger partial charge on any atom is 0.249 e. The quantitative estimate of drug-likeness (QED) is 0.730. The molecule has 6 heteroatoms. The zero-order valence-electron chi connectivity index (χ0n) is 10.6. The average Bonchev–Trinajstić information content (AvgIpc) is 2.50. The van der Waals surface area contributed by atoms with Gasteiger partial charge in [-0.15, -0.1) is 0 Å². The number of nitriles is 1. The fourth-order valence-corrected chi connectivity index (χ4v) is 1.92. The van der Waals surface area contributed by atoms with E-state index in [1.807, 2.05) is 24.3 Å². The van der Waals surface area contributed by atoms with Gasteiger partial charge in [0.1, 0.15) is 11.9 Å². The van der Waals surface area contributed by atoms with Crippen LogP contribution in [0.2, 0.25) is 0 Å². The number of nitrogens with zero attached hydrogens (tertiary/aromatic N) is 3. The molecule has 0 amide bonds. The lowest BCUT2D eigenvalue weighted by Crippen LogP contribution is -2.00. The average molecular weight is 282 g/mol. The van der Waals surface area contributed by atoms with Crippen molar-refractivity contribution in [2.75, 3.05) is 5.32 Å². The van der Waals surface area contributed by atoms with Gasteiger partial charge in [0.15, 0.2) is 5.82 Å². The van der Waals surface area contributed by atoms with Gasteiger partial charge in [0, 0.05) is 11.5 Å². The van der Waals surface area contributed by atoms with Gasteiger partial charge in [-0.3, -0.25) is 0 Å².